The fraction of sp³-hybridized carbons (Fsp3) is 0.250. The van der Waals surface area contributed by atoms with Crippen molar-refractivity contribution in [2.24, 2.45) is 0 Å². The first-order valence-corrected chi connectivity index (χ1v) is 9.18. The molecule has 5 heteroatoms. The second kappa shape index (κ2) is 7.17. The zero-order valence-electron chi connectivity index (χ0n) is 14.0. The topological polar surface area (TPSA) is 70.7 Å². The fourth-order valence-corrected chi connectivity index (χ4v) is 3.63. The summed E-state index contributed by atoms with van der Waals surface area (Å²) in [5.74, 6) is 0.655. The number of benzene rings is 2. The third kappa shape index (κ3) is 3.57. The number of furan rings is 1. The number of phenolic OH excluding ortho intramolecular Hbond substituents is 1. The molecule has 130 valence electrons. The van der Waals surface area contributed by atoms with Gasteiger partial charge in [-0.25, -0.2) is 0 Å². The Bertz CT molecular complexity index is 917. The number of hydrogen-bond donors (Lipinski definition) is 2. The maximum atomic E-state index is 13.2. The van der Waals surface area contributed by atoms with Gasteiger partial charge in [-0.3, -0.25) is 4.79 Å². The molecule has 3 rings (SSSR count). The van der Waals surface area contributed by atoms with E-state index in [1.165, 1.54) is 0 Å². The second-order valence-corrected chi connectivity index (χ2v) is 7.40. The lowest BCUT2D eigenvalue weighted by molar-refractivity contribution is 0.103. The van der Waals surface area contributed by atoms with Crippen molar-refractivity contribution in [2.75, 3.05) is 0 Å². The van der Waals surface area contributed by atoms with Gasteiger partial charge >= 0.3 is 0 Å². The number of fused-ring (bicyclic) bond motifs is 1. The predicted octanol–water partition coefficient (Wildman–Crippen LogP) is 4.60. The van der Waals surface area contributed by atoms with Gasteiger partial charge in [0, 0.05) is 17.4 Å². The molecule has 2 N–H and O–H groups in total. The molecule has 0 bridgehead atoms. The number of halogens is 1. The number of aromatic hydroxyl groups is 1. The van der Waals surface area contributed by atoms with Crippen LogP contribution < -0.4 is 0 Å². The number of aliphatic hydroxyl groups is 1. The van der Waals surface area contributed by atoms with Crippen LogP contribution in [0.1, 0.15) is 40.6 Å². The number of para-hydroxylation sites is 1. The highest BCUT2D eigenvalue weighted by Crippen LogP contribution is 2.32. The average Bonchev–Trinajstić information content (AvgIpc) is 2.95. The third-order valence-electron chi connectivity index (χ3n) is 4.20. The molecule has 0 saturated heterocycles. The summed E-state index contributed by atoms with van der Waals surface area (Å²) in [7, 11) is 0. The van der Waals surface area contributed by atoms with Crippen LogP contribution in [0.5, 0.6) is 5.75 Å². The molecule has 0 aliphatic carbocycles. The quantitative estimate of drug-likeness (QED) is 0.441. The molecule has 4 nitrogen and oxygen atoms in total. The summed E-state index contributed by atoms with van der Waals surface area (Å²) in [6, 6.07) is 10.8. The van der Waals surface area contributed by atoms with E-state index < -0.39 is 6.10 Å². The van der Waals surface area contributed by atoms with Crippen molar-refractivity contribution in [2.45, 2.75) is 32.8 Å². The zero-order chi connectivity index (χ0) is 18.1. The van der Waals surface area contributed by atoms with Crippen LogP contribution in [0.3, 0.4) is 0 Å². The highest BCUT2D eigenvalue weighted by atomic mass is 127. The first-order valence-electron chi connectivity index (χ1n) is 8.10. The molecular weight excluding hydrogens is 431 g/mol. The van der Waals surface area contributed by atoms with Gasteiger partial charge in [0.25, 0.3) is 0 Å². The van der Waals surface area contributed by atoms with E-state index in [0.29, 0.717) is 44.4 Å². The summed E-state index contributed by atoms with van der Waals surface area (Å²) >= 11 is 2.02. The number of carbonyl (C=O) groups is 1. The minimum absolute atomic E-state index is 0.133. The Labute approximate surface area is 159 Å². The normalized spacial score (nSPS) is 12.5. The summed E-state index contributed by atoms with van der Waals surface area (Å²) < 4.78 is 6.53. The lowest BCUT2D eigenvalue weighted by Gasteiger charge is -2.08. The smallest absolute Gasteiger partial charge is 0.197 e. The molecule has 3 aromatic rings. The van der Waals surface area contributed by atoms with E-state index in [1.54, 1.807) is 26.0 Å². The van der Waals surface area contributed by atoms with Gasteiger partial charge in [0.1, 0.15) is 17.1 Å². The summed E-state index contributed by atoms with van der Waals surface area (Å²) in [5.41, 5.74) is 2.38. The van der Waals surface area contributed by atoms with Crippen molar-refractivity contribution < 1.29 is 19.4 Å². The van der Waals surface area contributed by atoms with Crippen molar-refractivity contribution >= 4 is 39.3 Å². The molecule has 0 aliphatic heterocycles. The lowest BCUT2D eigenvalue weighted by Crippen LogP contribution is -2.07. The Kier molecular flexibility index (Phi) is 5.15. The number of rotatable bonds is 5. The van der Waals surface area contributed by atoms with E-state index in [4.69, 9.17) is 4.42 Å². The Morgan fingerprint density at radius 1 is 1.28 bits per heavy atom. The summed E-state index contributed by atoms with van der Waals surface area (Å²) in [4.78, 5) is 13.2. The number of carbonyl (C=O) groups excluding carboxylic acids is 1. The van der Waals surface area contributed by atoms with E-state index in [9.17, 15) is 15.0 Å². The van der Waals surface area contributed by atoms with Crippen molar-refractivity contribution in [1.82, 2.24) is 0 Å². The zero-order valence-corrected chi connectivity index (χ0v) is 16.2. The van der Waals surface area contributed by atoms with E-state index >= 15 is 0 Å². The van der Waals surface area contributed by atoms with Crippen LogP contribution in [0.25, 0.3) is 11.0 Å². The first-order chi connectivity index (χ1) is 11.9. The predicted molar refractivity (Wildman–Crippen MR) is 105 cm³/mol. The van der Waals surface area contributed by atoms with Gasteiger partial charge in [0.05, 0.1) is 15.2 Å². The van der Waals surface area contributed by atoms with Crippen LogP contribution >= 0.6 is 22.6 Å². The van der Waals surface area contributed by atoms with Crippen molar-refractivity contribution in [3.05, 3.63) is 62.4 Å². The third-order valence-corrected chi connectivity index (χ3v) is 5.02. The molecule has 0 fully saturated rings. The fourth-order valence-electron chi connectivity index (χ4n) is 2.87. The van der Waals surface area contributed by atoms with Gasteiger partial charge in [-0.05, 0) is 66.6 Å². The number of hydrogen-bond acceptors (Lipinski definition) is 4. The number of aliphatic hydroxyl groups excluding tert-OH is 1. The van der Waals surface area contributed by atoms with E-state index in [1.807, 2.05) is 46.9 Å². The average molecular weight is 450 g/mol. The number of aryl methyl sites for hydroxylation is 2. The van der Waals surface area contributed by atoms with E-state index in [0.717, 1.165) is 5.39 Å². The molecule has 1 atom stereocenters. The van der Waals surface area contributed by atoms with Crippen LogP contribution in [0.15, 0.2) is 40.8 Å². The van der Waals surface area contributed by atoms with Crippen LogP contribution in [0, 0.1) is 10.5 Å². The van der Waals surface area contributed by atoms with Gasteiger partial charge < -0.3 is 14.6 Å². The molecule has 0 amide bonds. The highest BCUT2D eigenvalue weighted by Gasteiger charge is 2.23. The van der Waals surface area contributed by atoms with Crippen LogP contribution in [-0.4, -0.2) is 22.1 Å². The molecule has 1 heterocycles. The highest BCUT2D eigenvalue weighted by molar-refractivity contribution is 14.1. The maximum Gasteiger partial charge on any atom is 0.197 e. The Morgan fingerprint density at radius 2 is 2.00 bits per heavy atom. The number of ketones is 1. The van der Waals surface area contributed by atoms with Crippen molar-refractivity contribution in [1.29, 1.82) is 0 Å². The second-order valence-electron chi connectivity index (χ2n) is 6.24. The number of phenols is 1. The van der Waals surface area contributed by atoms with E-state index in [-0.39, 0.29) is 11.5 Å². The molecule has 25 heavy (non-hydrogen) atoms. The van der Waals surface area contributed by atoms with Gasteiger partial charge in [-0.15, -0.1) is 0 Å². The SMILES string of the molecule is Cc1cc(C(=O)c2c(CCC(C)O)oc3ccccc23)cc(I)c1O. The summed E-state index contributed by atoms with van der Waals surface area (Å²) in [5, 5.41) is 20.3. The van der Waals surface area contributed by atoms with Gasteiger partial charge in [0.15, 0.2) is 5.78 Å². The Balaban J connectivity index is 2.12. The maximum absolute atomic E-state index is 13.2. The molecule has 2 aromatic carbocycles. The molecule has 0 aliphatic rings. The minimum atomic E-state index is -0.465. The lowest BCUT2D eigenvalue weighted by atomic mass is 9.97. The summed E-state index contributed by atoms with van der Waals surface area (Å²) in [6.45, 7) is 3.49. The van der Waals surface area contributed by atoms with E-state index in [2.05, 4.69) is 0 Å². The Morgan fingerprint density at radius 3 is 2.68 bits per heavy atom. The molecule has 1 aromatic heterocycles. The first kappa shape index (κ1) is 17.9. The van der Waals surface area contributed by atoms with Crippen molar-refractivity contribution in [3.63, 3.8) is 0 Å². The minimum Gasteiger partial charge on any atom is -0.507 e. The van der Waals surface area contributed by atoms with Crippen LogP contribution in [0.2, 0.25) is 0 Å². The Hall–Kier alpha value is -1.86. The molecular formula is C20H19IO4. The monoisotopic (exact) mass is 450 g/mol. The van der Waals surface area contributed by atoms with Gasteiger partial charge in [-0.2, -0.15) is 0 Å². The largest absolute Gasteiger partial charge is 0.507 e. The van der Waals surface area contributed by atoms with Crippen molar-refractivity contribution in [3.8, 4) is 5.75 Å². The molecule has 0 spiro atoms. The van der Waals surface area contributed by atoms with Crippen LogP contribution in [0.4, 0.5) is 0 Å². The molecule has 1 unspecified atom stereocenters. The standard InChI is InChI=1S/C20H19IO4/c1-11-9-13(10-15(21)19(11)23)20(24)18-14-5-3-4-6-16(14)25-17(18)8-7-12(2)22/h3-6,9-10,12,22-23H,7-8H2,1-2H3. The van der Waals surface area contributed by atoms with Crippen LogP contribution in [-0.2, 0) is 6.42 Å². The molecule has 0 radical (unpaired) electrons. The van der Waals surface area contributed by atoms with Gasteiger partial charge in [-0.1, -0.05) is 18.2 Å². The summed E-state index contributed by atoms with van der Waals surface area (Å²) in [6.07, 6.45) is 0.543. The molecule has 0 saturated carbocycles. The van der Waals surface area contributed by atoms with Gasteiger partial charge in [0.2, 0.25) is 0 Å².